The van der Waals surface area contributed by atoms with Crippen LogP contribution in [0.15, 0.2) is 42.5 Å². The van der Waals surface area contributed by atoms with Gasteiger partial charge in [0.15, 0.2) is 18.1 Å². The molecule has 2 aromatic rings. The zero-order chi connectivity index (χ0) is 16.8. The van der Waals surface area contributed by atoms with E-state index in [0.717, 1.165) is 11.3 Å². The van der Waals surface area contributed by atoms with Crippen LogP contribution < -0.4 is 20.5 Å². The molecule has 2 aromatic carbocycles. The first-order chi connectivity index (χ1) is 11.0. The van der Waals surface area contributed by atoms with Crippen LogP contribution in [-0.2, 0) is 4.79 Å². The molecule has 0 aliphatic heterocycles. The van der Waals surface area contributed by atoms with E-state index in [1.807, 2.05) is 37.3 Å². The van der Waals surface area contributed by atoms with Crippen LogP contribution >= 0.6 is 11.6 Å². The molecule has 0 aliphatic rings. The van der Waals surface area contributed by atoms with E-state index in [-0.39, 0.29) is 12.6 Å². The van der Waals surface area contributed by atoms with Crippen molar-refractivity contribution in [2.24, 2.45) is 5.73 Å². The predicted molar refractivity (Wildman–Crippen MR) is 91.2 cm³/mol. The third-order valence-electron chi connectivity index (χ3n) is 3.27. The minimum Gasteiger partial charge on any atom is -0.493 e. The maximum atomic E-state index is 10.9. The number of ether oxygens (including phenoxy) is 2. The second kappa shape index (κ2) is 7.74. The summed E-state index contributed by atoms with van der Waals surface area (Å²) in [6.07, 6.45) is 0. The van der Waals surface area contributed by atoms with Gasteiger partial charge in [0.2, 0.25) is 0 Å². The first kappa shape index (κ1) is 17.0. The number of benzene rings is 2. The topological polar surface area (TPSA) is 73.6 Å². The molecule has 0 unspecified atom stereocenters. The van der Waals surface area contributed by atoms with Crippen LogP contribution in [0.1, 0.15) is 18.5 Å². The number of hydrogen-bond acceptors (Lipinski definition) is 4. The normalized spacial score (nSPS) is 11.6. The van der Waals surface area contributed by atoms with Gasteiger partial charge in [-0.1, -0.05) is 23.7 Å². The van der Waals surface area contributed by atoms with Crippen LogP contribution in [-0.4, -0.2) is 19.6 Å². The van der Waals surface area contributed by atoms with Gasteiger partial charge < -0.3 is 20.5 Å². The monoisotopic (exact) mass is 334 g/mol. The van der Waals surface area contributed by atoms with Crippen LogP contribution in [0.3, 0.4) is 0 Å². The number of anilines is 1. The van der Waals surface area contributed by atoms with Crippen LogP contribution in [0.5, 0.6) is 11.5 Å². The summed E-state index contributed by atoms with van der Waals surface area (Å²) in [6.45, 7) is 1.82. The van der Waals surface area contributed by atoms with Gasteiger partial charge in [0, 0.05) is 22.8 Å². The predicted octanol–water partition coefficient (Wildman–Crippen LogP) is 3.39. The van der Waals surface area contributed by atoms with E-state index < -0.39 is 5.91 Å². The lowest BCUT2D eigenvalue weighted by molar-refractivity contribution is -0.119. The fourth-order valence-corrected chi connectivity index (χ4v) is 2.34. The van der Waals surface area contributed by atoms with Crippen molar-refractivity contribution < 1.29 is 14.3 Å². The molecule has 1 amide bonds. The minimum absolute atomic E-state index is 0.0473. The molecular formula is C17H19ClN2O3. The summed E-state index contributed by atoms with van der Waals surface area (Å²) in [7, 11) is 1.54. The summed E-state index contributed by atoms with van der Waals surface area (Å²) in [5, 5.41) is 4.05. The molecule has 2 rings (SSSR count). The van der Waals surface area contributed by atoms with Gasteiger partial charge in [-0.15, -0.1) is 0 Å². The zero-order valence-corrected chi connectivity index (χ0v) is 13.8. The Balaban J connectivity index is 2.16. The van der Waals surface area contributed by atoms with Gasteiger partial charge in [0.25, 0.3) is 5.91 Å². The van der Waals surface area contributed by atoms with Gasteiger partial charge in [-0.25, -0.2) is 0 Å². The number of carbonyl (C=O) groups is 1. The number of nitrogens with one attached hydrogen (secondary N) is 1. The van der Waals surface area contributed by atoms with Crippen molar-refractivity contribution in [1.29, 1.82) is 0 Å². The highest BCUT2D eigenvalue weighted by molar-refractivity contribution is 6.30. The maximum Gasteiger partial charge on any atom is 0.255 e. The number of nitrogens with two attached hydrogens (primary N) is 1. The van der Waals surface area contributed by atoms with Gasteiger partial charge in [-0.05, 0) is 36.8 Å². The second-order valence-electron chi connectivity index (χ2n) is 5.04. The molecule has 6 heteroatoms. The summed E-state index contributed by atoms with van der Waals surface area (Å²) in [5.74, 6) is 0.444. The Bertz CT molecular complexity index is 691. The first-order valence-electron chi connectivity index (χ1n) is 7.10. The summed E-state index contributed by atoms with van der Waals surface area (Å²) in [4.78, 5) is 10.9. The molecule has 0 bridgehead atoms. The van der Waals surface area contributed by atoms with Crippen LogP contribution in [0.4, 0.5) is 5.69 Å². The molecule has 0 radical (unpaired) electrons. The van der Waals surface area contributed by atoms with Crippen LogP contribution in [0, 0.1) is 0 Å². The largest absolute Gasteiger partial charge is 0.493 e. The number of halogens is 1. The van der Waals surface area contributed by atoms with E-state index in [4.69, 9.17) is 26.8 Å². The molecule has 0 aliphatic carbocycles. The fourth-order valence-electron chi connectivity index (χ4n) is 2.14. The lowest BCUT2D eigenvalue weighted by atomic mass is 10.1. The fraction of sp³-hybridized carbons (Fsp3) is 0.235. The van der Waals surface area contributed by atoms with Crippen molar-refractivity contribution in [2.45, 2.75) is 13.0 Å². The Kier molecular flexibility index (Phi) is 5.71. The van der Waals surface area contributed by atoms with E-state index in [1.165, 1.54) is 7.11 Å². The van der Waals surface area contributed by atoms with Gasteiger partial charge in [0.05, 0.1) is 7.11 Å². The third kappa shape index (κ3) is 4.79. The number of hydrogen-bond donors (Lipinski definition) is 2. The zero-order valence-electron chi connectivity index (χ0n) is 13.0. The molecular weight excluding hydrogens is 316 g/mol. The van der Waals surface area contributed by atoms with Crippen molar-refractivity contribution in [3.8, 4) is 11.5 Å². The van der Waals surface area contributed by atoms with E-state index in [1.54, 1.807) is 12.1 Å². The first-order valence-corrected chi connectivity index (χ1v) is 7.48. The quantitative estimate of drug-likeness (QED) is 0.814. The Labute approximate surface area is 140 Å². The van der Waals surface area contributed by atoms with E-state index in [2.05, 4.69) is 5.32 Å². The third-order valence-corrected chi connectivity index (χ3v) is 3.50. The average Bonchev–Trinajstić information content (AvgIpc) is 2.53. The number of carbonyl (C=O) groups excluding carboxylic acids is 1. The smallest absolute Gasteiger partial charge is 0.255 e. The molecule has 0 heterocycles. The summed E-state index contributed by atoms with van der Waals surface area (Å²) < 4.78 is 10.6. The average molecular weight is 335 g/mol. The summed E-state index contributed by atoms with van der Waals surface area (Å²) in [6, 6.07) is 13.1. The molecule has 0 fully saturated rings. The number of methoxy groups -OCH3 is 1. The Morgan fingerprint density at radius 3 is 2.70 bits per heavy atom. The lowest BCUT2D eigenvalue weighted by Crippen LogP contribution is -2.20. The summed E-state index contributed by atoms with van der Waals surface area (Å²) >= 11 is 6.02. The molecule has 5 nitrogen and oxygen atoms in total. The lowest BCUT2D eigenvalue weighted by Gasteiger charge is -2.18. The molecule has 122 valence electrons. The Morgan fingerprint density at radius 1 is 1.26 bits per heavy atom. The Hall–Kier alpha value is -2.40. The van der Waals surface area contributed by atoms with Gasteiger partial charge >= 0.3 is 0 Å². The van der Waals surface area contributed by atoms with Gasteiger partial charge in [0.1, 0.15) is 0 Å². The molecule has 0 spiro atoms. The highest BCUT2D eigenvalue weighted by atomic mass is 35.5. The molecule has 3 N–H and O–H groups in total. The maximum absolute atomic E-state index is 10.9. The second-order valence-corrected chi connectivity index (χ2v) is 5.48. The number of primary amides is 1. The number of rotatable bonds is 7. The van der Waals surface area contributed by atoms with Crippen LogP contribution in [0.2, 0.25) is 5.02 Å². The Morgan fingerprint density at radius 2 is 2.04 bits per heavy atom. The van der Waals surface area contributed by atoms with Gasteiger partial charge in [-0.2, -0.15) is 0 Å². The minimum atomic E-state index is -0.544. The van der Waals surface area contributed by atoms with E-state index in [0.29, 0.717) is 16.5 Å². The van der Waals surface area contributed by atoms with Crippen molar-refractivity contribution in [3.63, 3.8) is 0 Å². The highest BCUT2D eigenvalue weighted by Crippen LogP contribution is 2.32. The van der Waals surface area contributed by atoms with Crippen molar-refractivity contribution in [2.75, 3.05) is 19.0 Å². The van der Waals surface area contributed by atoms with E-state index >= 15 is 0 Å². The van der Waals surface area contributed by atoms with Gasteiger partial charge in [-0.3, -0.25) is 4.79 Å². The molecule has 0 aromatic heterocycles. The van der Waals surface area contributed by atoms with Crippen LogP contribution in [0.25, 0.3) is 0 Å². The SMILES string of the molecule is COc1ccc(N[C@@H](C)c2cccc(Cl)c2)cc1OCC(N)=O. The summed E-state index contributed by atoms with van der Waals surface area (Å²) in [5.41, 5.74) is 7.00. The van der Waals surface area contributed by atoms with E-state index in [9.17, 15) is 4.79 Å². The standard InChI is InChI=1S/C17H19ClN2O3/c1-11(12-4-3-5-13(18)8-12)20-14-6-7-15(22-2)16(9-14)23-10-17(19)21/h3-9,11,20H,10H2,1-2H3,(H2,19,21)/t11-/m0/s1. The molecule has 0 saturated carbocycles. The van der Waals surface area contributed by atoms with Crippen molar-refractivity contribution in [1.82, 2.24) is 0 Å². The van der Waals surface area contributed by atoms with Crippen molar-refractivity contribution >= 4 is 23.2 Å². The molecule has 1 atom stereocenters. The number of amides is 1. The molecule has 23 heavy (non-hydrogen) atoms. The molecule has 0 saturated heterocycles. The highest BCUT2D eigenvalue weighted by Gasteiger charge is 2.10. The van der Waals surface area contributed by atoms with Crippen molar-refractivity contribution in [3.05, 3.63) is 53.1 Å².